The third-order valence-electron chi connectivity index (χ3n) is 10.7. The van der Waals surface area contributed by atoms with Gasteiger partial charge in [0.2, 0.25) is 0 Å². The zero-order valence-corrected chi connectivity index (χ0v) is 26.2. The van der Waals surface area contributed by atoms with E-state index in [1.807, 2.05) is 6.07 Å². The van der Waals surface area contributed by atoms with E-state index >= 15 is 0 Å². The van der Waals surface area contributed by atoms with Gasteiger partial charge in [0.15, 0.2) is 0 Å². The van der Waals surface area contributed by atoms with Crippen LogP contribution in [-0.2, 0) is 0 Å². The molecular weight excluding hydrogens is 599 g/mol. The van der Waals surface area contributed by atoms with Crippen molar-refractivity contribution in [3.05, 3.63) is 152 Å². The van der Waals surface area contributed by atoms with Crippen LogP contribution in [0.5, 0.6) is 0 Å². The fourth-order valence-corrected chi connectivity index (χ4v) is 8.77. The number of rotatable bonds is 1. The number of benzene rings is 9. The molecule has 0 atom stereocenters. The van der Waals surface area contributed by atoms with E-state index in [1.54, 1.807) is 0 Å². The van der Waals surface area contributed by atoms with Crippen LogP contribution in [0.15, 0.2) is 160 Å². The Labute approximate surface area is 278 Å². The topological polar surface area (TPSA) is 31.2 Å². The highest BCUT2D eigenvalue weighted by molar-refractivity contribution is 6.40. The highest BCUT2D eigenvalue weighted by atomic mass is 16.3. The van der Waals surface area contributed by atoms with Gasteiger partial charge in [-0.2, -0.15) is 0 Å². The number of furan rings is 2. The highest BCUT2D eigenvalue weighted by Gasteiger charge is 2.25. The Bertz CT molecular complexity index is 3360. The molecule has 0 radical (unpaired) electrons. The van der Waals surface area contributed by atoms with E-state index in [2.05, 4.69) is 150 Å². The van der Waals surface area contributed by atoms with Crippen molar-refractivity contribution in [3.8, 4) is 5.69 Å². The van der Waals surface area contributed by atoms with Gasteiger partial charge in [-0.25, -0.2) is 0 Å². The van der Waals surface area contributed by atoms with Gasteiger partial charge in [0.25, 0.3) is 0 Å². The molecule has 0 saturated heterocycles. The normalized spacial score (nSPS) is 12.5. The van der Waals surface area contributed by atoms with Crippen molar-refractivity contribution < 1.29 is 8.83 Å². The summed E-state index contributed by atoms with van der Waals surface area (Å²) >= 11 is 0. The molecule has 3 heteroatoms. The van der Waals surface area contributed by atoms with Crippen LogP contribution in [0, 0.1) is 0 Å². The van der Waals surface area contributed by atoms with Crippen LogP contribution in [0.2, 0.25) is 0 Å². The fourth-order valence-electron chi connectivity index (χ4n) is 8.77. The standard InChI is InChI=1S/C46H25NO2/c1-2-13-29-27(11-1)28-12-3-4-14-30(28)36-25-26(21-22-31(29)36)47-37-18-8-5-15-32(37)44-45(47)35-23-24-40-41(33-16-6-9-19-38(33)48-40)42(35)43-34-17-7-10-20-39(34)49-46(43)44/h1-25H. The lowest BCUT2D eigenvalue weighted by Crippen LogP contribution is -1.95. The molecule has 0 saturated carbocycles. The van der Waals surface area contributed by atoms with E-state index in [1.165, 1.54) is 43.1 Å². The lowest BCUT2D eigenvalue weighted by Gasteiger charge is -2.15. The predicted octanol–water partition coefficient (Wildman–Crippen LogP) is 13.2. The first-order valence-corrected chi connectivity index (χ1v) is 16.8. The van der Waals surface area contributed by atoms with Gasteiger partial charge < -0.3 is 13.4 Å². The third kappa shape index (κ3) is 3.17. The van der Waals surface area contributed by atoms with Gasteiger partial charge in [0, 0.05) is 43.4 Å². The molecule has 12 rings (SSSR count). The predicted molar refractivity (Wildman–Crippen MR) is 205 cm³/mol. The highest BCUT2D eigenvalue weighted by Crippen LogP contribution is 2.49. The van der Waals surface area contributed by atoms with E-state index in [4.69, 9.17) is 8.83 Å². The van der Waals surface area contributed by atoms with Crippen LogP contribution in [-0.4, -0.2) is 4.57 Å². The summed E-state index contributed by atoms with van der Waals surface area (Å²) < 4.78 is 15.8. The van der Waals surface area contributed by atoms with Crippen molar-refractivity contribution in [2.75, 3.05) is 0 Å². The quantitative estimate of drug-likeness (QED) is 0.170. The lowest BCUT2D eigenvalue weighted by atomic mass is 9.94. The van der Waals surface area contributed by atoms with E-state index in [9.17, 15) is 0 Å². The molecule has 0 unspecified atom stereocenters. The van der Waals surface area contributed by atoms with Gasteiger partial charge in [0.1, 0.15) is 22.3 Å². The lowest BCUT2D eigenvalue weighted by molar-refractivity contribution is 0.669. The van der Waals surface area contributed by atoms with Crippen LogP contribution in [0.25, 0.3) is 114 Å². The van der Waals surface area contributed by atoms with Crippen molar-refractivity contribution in [3.63, 3.8) is 0 Å². The van der Waals surface area contributed by atoms with Crippen molar-refractivity contribution in [1.29, 1.82) is 0 Å². The SMILES string of the molecule is c1ccc2c(c1)oc1ccc3c(c12)c1c2ccccc2oc1c1c2ccccc2n(-c2ccc4c5ccccc5c5ccccc5c4c2)c31. The second-order valence-corrected chi connectivity index (χ2v) is 13.2. The monoisotopic (exact) mass is 623 g/mol. The van der Waals surface area contributed by atoms with Gasteiger partial charge in [-0.05, 0) is 74.8 Å². The van der Waals surface area contributed by atoms with Gasteiger partial charge in [-0.15, -0.1) is 0 Å². The van der Waals surface area contributed by atoms with Gasteiger partial charge in [-0.1, -0.05) is 109 Å². The first-order chi connectivity index (χ1) is 24.3. The molecule has 3 aromatic heterocycles. The summed E-state index contributed by atoms with van der Waals surface area (Å²) in [5.74, 6) is 0. The molecule has 0 aliphatic rings. The molecule has 49 heavy (non-hydrogen) atoms. The molecule has 3 heterocycles. The molecule has 0 spiro atoms. The maximum Gasteiger partial charge on any atom is 0.146 e. The number of hydrogen-bond donors (Lipinski definition) is 0. The van der Waals surface area contributed by atoms with Crippen LogP contribution in [0.4, 0.5) is 0 Å². The smallest absolute Gasteiger partial charge is 0.146 e. The van der Waals surface area contributed by atoms with Gasteiger partial charge in [-0.3, -0.25) is 0 Å². The van der Waals surface area contributed by atoms with E-state index < -0.39 is 0 Å². The minimum Gasteiger partial charge on any atom is -0.456 e. The molecule has 12 aromatic rings. The number of fused-ring (bicyclic) bond motifs is 20. The molecule has 0 N–H and O–H groups in total. The average Bonchev–Trinajstić information content (AvgIpc) is 3.85. The summed E-state index contributed by atoms with van der Waals surface area (Å²) in [6.45, 7) is 0. The minimum atomic E-state index is 0.881. The largest absolute Gasteiger partial charge is 0.456 e. The van der Waals surface area contributed by atoms with Crippen LogP contribution in [0.1, 0.15) is 0 Å². The summed E-state index contributed by atoms with van der Waals surface area (Å²) in [5, 5.41) is 16.7. The van der Waals surface area contributed by atoms with Gasteiger partial charge >= 0.3 is 0 Å². The first-order valence-electron chi connectivity index (χ1n) is 16.8. The maximum atomic E-state index is 6.90. The maximum absolute atomic E-state index is 6.90. The molecule has 0 aliphatic heterocycles. The Morgan fingerprint density at radius 3 is 1.57 bits per heavy atom. The van der Waals surface area contributed by atoms with Crippen LogP contribution in [0.3, 0.4) is 0 Å². The summed E-state index contributed by atoms with van der Waals surface area (Å²) in [5.41, 5.74) is 6.97. The van der Waals surface area contributed by atoms with Gasteiger partial charge in [0.05, 0.1) is 16.4 Å². The fraction of sp³-hybridized carbons (Fsp3) is 0. The van der Waals surface area contributed by atoms with E-state index in [0.717, 1.165) is 71.4 Å². The summed E-state index contributed by atoms with van der Waals surface area (Å²) in [6, 6.07) is 54.5. The number of nitrogens with zero attached hydrogens (tertiary/aromatic N) is 1. The van der Waals surface area contributed by atoms with Crippen LogP contribution >= 0.6 is 0 Å². The molecule has 226 valence electrons. The zero-order chi connectivity index (χ0) is 31.8. The molecule has 0 fully saturated rings. The molecule has 0 aliphatic carbocycles. The van der Waals surface area contributed by atoms with Crippen molar-refractivity contribution in [2.45, 2.75) is 0 Å². The zero-order valence-electron chi connectivity index (χ0n) is 26.2. The van der Waals surface area contributed by atoms with E-state index in [0.29, 0.717) is 0 Å². The molecular formula is C46H25NO2. The minimum absolute atomic E-state index is 0.881. The summed E-state index contributed by atoms with van der Waals surface area (Å²) in [6.07, 6.45) is 0. The molecule has 3 nitrogen and oxygen atoms in total. The Hall–Kier alpha value is -6.58. The van der Waals surface area contributed by atoms with E-state index in [-0.39, 0.29) is 0 Å². The average molecular weight is 624 g/mol. The third-order valence-corrected chi connectivity index (χ3v) is 10.7. The Morgan fingerprint density at radius 2 is 0.857 bits per heavy atom. The first kappa shape index (κ1) is 25.5. The molecule has 0 bridgehead atoms. The van der Waals surface area contributed by atoms with Crippen molar-refractivity contribution >= 4 is 109 Å². The summed E-state index contributed by atoms with van der Waals surface area (Å²) in [7, 11) is 0. The summed E-state index contributed by atoms with van der Waals surface area (Å²) in [4.78, 5) is 0. The molecule has 0 amide bonds. The Balaban J connectivity index is 1.34. The van der Waals surface area contributed by atoms with Crippen molar-refractivity contribution in [1.82, 2.24) is 4.57 Å². The Kier molecular flexibility index (Phi) is 4.72. The molecule has 9 aromatic carbocycles. The van der Waals surface area contributed by atoms with Crippen LogP contribution < -0.4 is 0 Å². The second kappa shape index (κ2) is 9.06. The Morgan fingerprint density at radius 1 is 0.327 bits per heavy atom. The number of hydrogen-bond acceptors (Lipinski definition) is 2. The number of aromatic nitrogens is 1. The second-order valence-electron chi connectivity index (χ2n) is 13.2. The van der Waals surface area contributed by atoms with Crippen molar-refractivity contribution in [2.24, 2.45) is 0 Å². The number of para-hydroxylation sites is 3.